The van der Waals surface area contributed by atoms with Crippen molar-refractivity contribution in [2.45, 2.75) is 47.1 Å². The van der Waals surface area contributed by atoms with E-state index in [-0.39, 0.29) is 0 Å². The minimum absolute atomic E-state index is 0.390. The Labute approximate surface area is 118 Å². The van der Waals surface area contributed by atoms with E-state index >= 15 is 0 Å². The maximum Gasteiger partial charge on any atom is 0.119 e. The summed E-state index contributed by atoms with van der Waals surface area (Å²) in [5.74, 6) is 2.40. The maximum atomic E-state index is 5.60. The van der Waals surface area contributed by atoms with E-state index in [0.717, 1.165) is 31.2 Å². The van der Waals surface area contributed by atoms with E-state index in [0.29, 0.717) is 12.0 Å². The minimum atomic E-state index is 0.390. The zero-order valence-electron chi connectivity index (χ0n) is 13.1. The van der Waals surface area contributed by atoms with E-state index in [1.807, 2.05) is 0 Å². The zero-order chi connectivity index (χ0) is 14.3. The quantitative estimate of drug-likeness (QED) is 0.749. The Hall–Kier alpha value is -1.02. The van der Waals surface area contributed by atoms with Crippen molar-refractivity contribution in [3.05, 3.63) is 29.8 Å². The normalized spacial score (nSPS) is 14.4. The Kier molecular flexibility index (Phi) is 6.93. The lowest BCUT2D eigenvalue weighted by molar-refractivity contribution is 0.317. The molecule has 2 atom stereocenters. The predicted molar refractivity (Wildman–Crippen MR) is 82.6 cm³/mol. The van der Waals surface area contributed by atoms with Crippen molar-refractivity contribution in [3.8, 4) is 5.75 Å². The Balaban J connectivity index is 2.46. The SMILES string of the molecule is CCCOc1ccc(C(C)NCC(C)C(C)C)cc1. The summed E-state index contributed by atoms with van der Waals surface area (Å²) in [5, 5.41) is 3.60. The van der Waals surface area contributed by atoms with Gasteiger partial charge in [-0.05, 0) is 49.4 Å². The average molecular weight is 263 g/mol. The summed E-state index contributed by atoms with van der Waals surface area (Å²) < 4.78 is 5.60. The van der Waals surface area contributed by atoms with Crippen molar-refractivity contribution in [3.63, 3.8) is 0 Å². The summed E-state index contributed by atoms with van der Waals surface area (Å²) in [6, 6.07) is 8.83. The Morgan fingerprint density at radius 2 is 1.68 bits per heavy atom. The summed E-state index contributed by atoms with van der Waals surface area (Å²) in [5.41, 5.74) is 1.32. The highest BCUT2D eigenvalue weighted by atomic mass is 16.5. The van der Waals surface area contributed by atoms with Gasteiger partial charge in [0.1, 0.15) is 5.75 Å². The molecule has 0 fully saturated rings. The highest BCUT2D eigenvalue weighted by molar-refractivity contribution is 5.28. The zero-order valence-corrected chi connectivity index (χ0v) is 13.1. The summed E-state index contributed by atoms with van der Waals surface area (Å²) in [4.78, 5) is 0. The van der Waals surface area contributed by atoms with Gasteiger partial charge >= 0.3 is 0 Å². The fourth-order valence-electron chi connectivity index (χ4n) is 1.79. The molecule has 0 spiro atoms. The first-order chi connectivity index (χ1) is 9.04. The van der Waals surface area contributed by atoms with Crippen LogP contribution in [0.25, 0.3) is 0 Å². The van der Waals surface area contributed by atoms with Crippen molar-refractivity contribution in [1.29, 1.82) is 0 Å². The average Bonchev–Trinajstić information content (AvgIpc) is 2.42. The molecular weight excluding hydrogens is 234 g/mol. The topological polar surface area (TPSA) is 21.3 Å². The third-order valence-electron chi connectivity index (χ3n) is 3.74. The third kappa shape index (κ3) is 5.65. The van der Waals surface area contributed by atoms with E-state index < -0.39 is 0 Å². The van der Waals surface area contributed by atoms with Gasteiger partial charge in [0.15, 0.2) is 0 Å². The van der Waals surface area contributed by atoms with Crippen LogP contribution in [0.1, 0.15) is 52.6 Å². The van der Waals surface area contributed by atoms with Gasteiger partial charge in [-0.25, -0.2) is 0 Å². The van der Waals surface area contributed by atoms with E-state index in [1.165, 1.54) is 5.56 Å². The van der Waals surface area contributed by atoms with E-state index in [2.05, 4.69) is 64.2 Å². The minimum Gasteiger partial charge on any atom is -0.494 e. The van der Waals surface area contributed by atoms with Crippen LogP contribution in [0.4, 0.5) is 0 Å². The van der Waals surface area contributed by atoms with Crippen molar-refractivity contribution in [2.75, 3.05) is 13.2 Å². The molecule has 0 heterocycles. The second kappa shape index (κ2) is 8.21. The standard InChI is InChI=1S/C17H29NO/c1-6-11-19-17-9-7-16(8-10-17)15(5)18-12-14(4)13(2)3/h7-10,13-15,18H,6,11-12H2,1-5H3. The van der Waals surface area contributed by atoms with E-state index in [9.17, 15) is 0 Å². The number of ether oxygens (including phenoxy) is 1. The molecule has 0 bridgehead atoms. The summed E-state index contributed by atoms with van der Waals surface area (Å²) >= 11 is 0. The molecule has 0 saturated carbocycles. The lowest BCUT2D eigenvalue weighted by Crippen LogP contribution is -2.26. The molecule has 2 nitrogen and oxygen atoms in total. The molecule has 0 amide bonds. The fourth-order valence-corrected chi connectivity index (χ4v) is 1.79. The van der Waals surface area contributed by atoms with Gasteiger partial charge in [0.2, 0.25) is 0 Å². The lowest BCUT2D eigenvalue weighted by atomic mass is 9.97. The number of rotatable bonds is 8. The second-order valence-corrected chi connectivity index (χ2v) is 5.77. The van der Waals surface area contributed by atoms with Gasteiger partial charge in [-0.15, -0.1) is 0 Å². The highest BCUT2D eigenvalue weighted by Gasteiger charge is 2.10. The van der Waals surface area contributed by atoms with Crippen LogP contribution in [0.3, 0.4) is 0 Å². The van der Waals surface area contributed by atoms with Gasteiger partial charge in [-0.2, -0.15) is 0 Å². The molecule has 1 aromatic rings. The Morgan fingerprint density at radius 3 is 2.21 bits per heavy atom. The summed E-state index contributed by atoms with van der Waals surface area (Å²) in [7, 11) is 0. The smallest absolute Gasteiger partial charge is 0.119 e. The largest absolute Gasteiger partial charge is 0.494 e. The van der Waals surface area contributed by atoms with Gasteiger partial charge in [-0.1, -0.05) is 39.8 Å². The molecule has 2 unspecified atom stereocenters. The van der Waals surface area contributed by atoms with E-state index in [1.54, 1.807) is 0 Å². The first-order valence-electron chi connectivity index (χ1n) is 7.50. The van der Waals surface area contributed by atoms with Crippen LogP contribution >= 0.6 is 0 Å². The first kappa shape index (κ1) is 16.0. The monoisotopic (exact) mass is 263 g/mol. The van der Waals surface area contributed by atoms with Crippen molar-refractivity contribution in [1.82, 2.24) is 5.32 Å². The molecule has 0 saturated heterocycles. The van der Waals surface area contributed by atoms with E-state index in [4.69, 9.17) is 4.74 Å². The molecule has 2 heteroatoms. The lowest BCUT2D eigenvalue weighted by Gasteiger charge is -2.20. The molecular formula is C17H29NO. The summed E-state index contributed by atoms with van der Waals surface area (Å²) in [6.45, 7) is 13.0. The third-order valence-corrected chi connectivity index (χ3v) is 3.74. The van der Waals surface area contributed by atoms with Crippen LogP contribution in [0, 0.1) is 11.8 Å². The molecule has 19 heavy (non-hydrogen) atoms. The van der Waals surface area contributed by atoms with Gasteiger partial charge in [0.25, 0.3) is 0 Å². The van der Waals surface area contributed by atoms with Crippen LogP contribution in [0.2, 0.25) is 0 Å². The van der Waals surface area contributed by atoms with Gasteiger partial charge in [0, 0.05) is 6.04 Å². The van der Waals surface area contributed by atoms with Gasteiger partial charge in [-0.3, -0.25) is 0 Å². The number of nitrogens with one attached hydrogen (secondary N) is 1. The van der Waals surface area contributed by atoms with Crippen LogP contribution in [0.15, 0.2) is 24.3 Å². The molecule has 0 radical (unpaired) electrons. The molecule has 0 aliphatic rings. The van der Waals surface area contributed by atoms with Crippen molar-refractivity contribution < 1.29 is 4.74 Å². The molecule has 0 aliphatic heterocycles. The Morgan fingerprint density at radius 1 is 1.05 bits per heavy atom. The highest BCUT2D eigenvalue weighted by Crippen LogP contribution is 2.18. The fraction of sp³-hybridized carbons (Fsp3) is 0.647. The van der Waals surface area contributed by atoms with Crippen LogP contribution in [-0.2, 0) is 0 Å². The maximum absolute atomic E-state index is 5.60. The molecule has 0 aliphatic carbocycles. The van der Waals surface area contributed by atoms with Crippen LogP contribution < -0.4 is 10.1 Å². The first-order valence-corrected chi connectivity index (χ1v) is 7.50. The predicted octanol–water partition coefficient (Wildman–Crippen LogP) is 4.42. The van der Waals surface area contributed by atoms with Gasteiger partial charge < -0.3 is 10.1 Å². The molecule has 108 valence electrons. The molecule has 1 rings (SSSR count). The Bertz CT molecular complexity index is 345. The number of hydrogen-bond acceptors (Lipinski definition) is 2. The van der Waals surface area contributed by atoms with Crippen LogP contribution in [-0.4, -0.2) is 13.2 Å². The van der Waals surface area contributed by atoms with Crippen molar-refractivity contribution >= 4 is 0 Å². The van der Waals surface area contributed by atoms with Gasteiger partial charge in [0.05, 0.1) is 6.61 Å². The second-order valence-electron chi connectivity index (χ2n) is 5.77. The number of benzene rings is 1. The van der Waals surface area contributed by atoms with Crippen LogP contribution in [0.5, 0.6) is 5.75 Å². The molecule has 1 N–H and O–H groups in total. The molecule has 1 aromatic carbocycles. The summed E-state index contributed by atoms with van der Waals surface area (Å²) in [6.07, 6.45) is 1.05. The number of hydrogen-bond donors (Lipinski definition) is 1. The molecule has 0 aromatic heterocycles. The van der Waals surface area contributed by atoms with Crippen molar-refractivity contribution in [2.24, 2.45) is 11.8 Å².